The maximum Gasteiger partial charge on any atom is 0.271 e. The molecule has 2 aliphatic rings. The Labute approximate surface area is 167 Å². The lowest BCUT2D eigenvalue weighted by Crippen LogP contribution is -2.51. The predicted molar refractivity (Wildman–Crippen MR) is 108 cm³/mol. The molecule has 1 aromatic heterocycles. The Morgan fingerprint density at radius 3 is 2.76 bits per heavy atom. The van der Waals surface area contributed by atoms with Gasteiger partial charge in [-0.15, -0.1) is 0 Å². The van der Waals surface area contributed by atoms with Crippen LogP contribution in [0.1, 0.15) is 28.9 Å². The van der Waals surface area contributed by atoms with Gasteiger partial charge in [0.25, 0.3) is 5.91 Å². The van der Waals surface area contributed by atoms with Crippen LogP contribution in [-0.2, 0) is 10.2 Å². The number of aromatic amines is 1. The van der Waals surface area contributed by atoms with E-state index in [0.717, 1.165) is 29.7 Å². The van der Waals surface area contributed by atoms with E-state index >= 15 is 0 Å². The number of amides is 2. The molecular weight excluding hydrogens is 368 g/mol. The summed E-state index contributed by atoms with van der Waals surface area (Å²) in [5.74, 6) is -0.0290. The fourth-order valence-corrected chi connectivity index (χ4v) is 4.39. The smallest absolute Gasteiger partial charge is 0.271 e. The standard InChI is InChI=1S/C22H20N4O3/c27-15-8-6-14(7-9-15)18-12-19(25-24-18)20(28)26-11-3-10-22(13-26)16-4-1-2-5-17(16)23-21(22)29/h1-2,4-9,12,27H,3,10-11,13H2,(H,23,29)(H,24,25)/t22-/m0/s1. The molecule has 3 heterocycles. The van der Waals surface area contributed by atoms with Crippen LogP contribution in [0.3, 0.4) is 0 Å². The Morgan fingerprint density at radius 2 is 1.93 bits per heavy atom. The average Bonchev–Trinajstić information content (AvgIpc) is 3.33. The highest BCUT2D eigenvalue weighted by atomic mass is 16.3. The first kappa shape index (κ1) is 17.5. The number of para-hydroxylation sites is 1. The highest BCUT2D eigenvalue weighted by Crippen LogP contribution is 2.43. The first-order valence-corrected chi connectivity index (χ1v) is 9.62. The Morgan fingerprint density at radius 1 is 1.14 bits per heavy atom. The number of aromatic nitrogens is 2. The van der Waals surface area contributed by atoms with Crippen molar-refractivity contribution in [3.8, 4) is 17.0 Å². The summed E-state index contributed by atoms with van der Waals surface area (Å²) >= 11 is 0. The third-order valence-electron chi connectivity index (χ3n) is 5.88. The zero-order chi connectivity index (χ0) is 20.0. The molecule has 2 aromatic carbocycles. The van der Waals surface area contributed by atoms with Crippen LogP contribution >= 0.6 is 0 Å². The van der Waals surface area contributed by atoms with Crippen LogP contribution in [0.2, 0.25) is 0 Å². The fourth-order valence-electron chi connectivity index (χ4n) is 4.39. The second-order valence-corrected chi connectivity index (χ2v) is 7.63. The fraction of sp³-hybridized carbons (Fsp3) is 0.227. The molecule has 1 saturated heterocycles. The highest BCUT2D eigenvalue weighted by Gasteiger charge is 2.50. The third-order valence-corrected chi connectivity index (χ3v) is 5.88. The van der Waals surface area contributed by atoms with Crippen LogP contribution < -0.4 is 5.32 Å². The van der Waals surface area contributed by atoms with Gasteiger partial charge in [0.2, 0.25) is 5.91 Å². The van der Waals surface area contributed by atoms with Gasteiger partial charge in [0.15, 0.2) is 0 Å². The number of piperidine rings is 1. The van der Waals surface area contributed by atoms with Crippen molar-refractivity contribution in [1.29, 1.82) is 0 Å². The van der Waals surface area contributed by atoms with E-state index in [2.05, 4.69) is 15.5 Å². The van der Waals surface area contributed by atoms with E-state index in [0.29, 0.717) is 24.5 Å². The average molecular weight is 388 g/mol. The largest absolute Gasteiger partial charge is 0.508 e. The van der Waals surface area contributed by atoms with Gasteiger partial charge in [0.05, 0.1) is 11.1 Å². The molecule has 0 aliphatic carbocycles. The lowest BCUT2D eigenvalue weighted by atomic mass is 9.75. The van der Waals surface area contributed by atoms with Gasteiger partial charge in [-0.05, 0) is 54.8 Å². The Bertz CT molecular complexity index is 1110. The Kier molecular flexibility index (Phi) is 3.91. The number of hydrogen-bond donors (Lipinski definition) is 3. The first-order valence-electron chi connectivity index (χ1n) is 9.62. The van der Waals surface area contributed by atoms with Crippen LogP contribution in [0.25, 0.3) is 11.3 Å². The Hall–Kier alpha value is -3.61. The van der Waals surface area contributed by atoms with Gasteiger partial charge in [0, 0.05) is 24.3 Å². The molecule has 1 spiro atoms. The minimum atomic E-state index is -0.690. The maximum absolute atomic E-state index is 13.1. The molecule has 2 aliphatic heterocycles. The maximum atomic E-state index is 13.1. The normalized spacial score (nSPS) is 20.6. The van der Waals surface area contributed by atoms with Crippen LogP contribution in [0.5, 0.6) is 5.75 Å². The number of nitrogens with zero attached hydrogens (tertiary/aromatic N) is 2. The number of hydrogen-bond acceptors (Lipinski definition) is 4. The van der Waals surface area contributed by atoms with Crippen LogP contribution in [0.4, 0.5) is 5.69 Å². The number of anilines is 1. The molecule has 146 valence electrons. The number of carbonyl (C=O) groups excluding carboxylic acids is 2. The van der Waals surface area contributed by atoms with Crippen molar-refractivity contribution in [2.24, 2.45) is 0 Å². The van der Waals surface area contributed by atoms with E-state index in [1.165, 1.54) is 0 Å². The zero-order valence-corrected chi connectivity index (χ0v) is 15.7. The number of aromatic hydroxyl groups is 1. The lowest BCUT2D eigenvalue weighted by molar-refractivity contribution is -0.122. The van der Waals surface area contributed by atoms with Gasteiger partial charge in [-0.1, -0.05) is 18.2 Å². The molecule has 1 atom stereocenters. The van der Waals surface area contributed by atoms with Crippen molar-refractivity contribution in [2.45, 2.75) is 18.3 Å². The summed E-state index contributed by atoms with van der Waals surface area (Å²) in [6.07, 6.45) is 1.48. The zero-order valence-electron chi connectivity index (χ0n) is 15.7. The summed E-state index contributed by atoms with van der Waals surface area (Å²) in [5, 5.41) is 19.5. The molecule has 0 bridgehead atoms. The van der Waals surface area contributed by atoms with E-state index in [9.17, 15) is 14.7 Å². The SMILES string of the molecule is O=C(c1cc(-c2ccc(O)cc2)n[nH]1)N1CCC[C@@]2(C1)C(=O)Nc1ccccc12. The van der Waals surface area contributed by atoms with Gasteiger partial charge in [-0.2, -0.15) is 5.10 Å². The summed E-state index contributed by atoms with van der Waals surface area (Å²) in [6, 6.07) is 16.1. The second-order valence-electron chi connectivity index (χ2n) is 7.63. The minimum absolute atomic E-state index is 0.0365. The van der Waals surface area contributed by atoms with Crippen molar-refractivity contribution in [3.63, 3.8) is 0 Å². The summed E-state index contributed by atoms with van der Waals surface area (Å²) in [7, 11) is 0. The van der Waals surface area contributed by atoms with Crippen LogP contribution in [0.15, 0.2) is 54.6 Å². The number of fused-ring (bicyclic) bond motifs is 2. The molecule has 3 aromatic rings. The van der Waals surface area contributed by atoms with E-state index in [4.69, 9.17) is 0 Å². The molecule has 0 radical (unpaired) electrons. The van der Waals surface area contributed by atoms with E-state index in [1.54, 1.807) is 35.2 Å². The van der Waals surface area contributed by atoms with Crippen molar-refractivity contribution >= 4 is 17.5 Å². The molecular formula is C22H20N4O3. The number of benzene rings is 2. The van der Waals surface area contributed by atoms with Crippen molar-refractivity contribution in [2.75, 3.05) is 18.4 Å². The predicted octanol–water partition coefficient (Wildman–Crippen LogP) is 2.91. The van der Waals surface area contributed by atoms with Gasteiger partial charge < -0.3 is 15.3 Å². The lowest BCUT2D eigenvalue weighted by Gasteiger charge is -2.38. The summed E-state index contributed by atoms with van der Waals surface area (Å²) in [5.41, 5.74) is 2.93. The van der Waals surface area contributed by atoms with E-state index in [-0.39, 0.29) is 17.6 Å². The molecule has 5 rings (SSSR count). The monoisotopic (exact) mass is 388 g/mol. The molecule has 0 unspecified atom stereocenters. The van der Waals surface area contributed by atoms with Gasteiger partial charge in [-0.3, -0.25) is 14.7 Å². The van der Waals surface area contributed by atoms with Crippen molar-refractivity contribution < 1.29 is 14.7 Å². The molecule has 3 N–H and O–H groups in total. The number of nitrogens with one attached hydrogen (secondary N) is 2. The minimum Gasteiger partial charge on any atom is -0.508 e. The molecule has 7 heteroatoms. The van der Waals surface area contributed by atoms with E-state index in [1.807, 2.05) is 24.3 Å². The topological polar surface area (TPSA) is 98.3 Å². The number of phenols is 1. The number of rotatable bonds is 2. The van der Waals surface area contributed by atoms with Crippen LogP contribution in [-0.4, -0.2) is 45.1 Å². The highest BCUT2D eigenvalue weighted by molar-refractivity contribution is 6.07. The quantitative estimate of drug-likeness (QED) is 0.629. The number of carbonyl (C=O) groups is 2. The van der Waals surface area contributed by atoms with Crippen LogP contribution in [0, 0.1) is 0 Å². The summed E-state index contributed by atoms with van der Waals surface area (Å²) in [4.78, 5) is 27.7. The summed E-state index contributed by atoms with van der Waals surface area (Å²) in [6.45, 7) is 0.950. The van der Waals surface area contributed by atoms with E-state index < -0.39 is 5.41 Å². The molecule has 2 amide bonds. The molecule has 0 saturated carbocycles. The van der Waals surface area contributed by atoms with Crippen molar-refractivity contribution in [3.05, 3.63) is 65.9 Å². The molecule has 29 heavy (non-hydrogen) atoms. The molecule has 7 nitrogen and oxygen atoms in total. The van der Waals surface area contributed by atoms with Gasteiger partial charge in [0.1, 0.15) is 11.4 Å². The molecule has 1 fully saturated rings. The first-order chi connectivity index (χ1) is 14.1. The Balaban J connectivity index is 1.41. The number of likely N-dealkylation sites (tertiary alicyclic amines) is 1. The number of H-pyrrole nitrogens is 1. The van der Waals surface area contributed by atoms with Gasteiger partial charge >= 0.3 is 0 Å². The third kappa shape index (κ3) is 2.77. The number of phenolic OH excluding ortho intramolecular Hbond substituents is 1. The second kappa shape index (κ2) is 6.48. The van der Waals surface area contributed by atoms with Crippen molar-refractivity contribution in [1.82, 2.24) is 15.1 Å². The van der Waals surface area contributed by atoms with Gasteiger partial charge in [-0.25, -0.2) is 0 Å². The summed E-state index contributed by atoms with van der Waals surface area (Å²) < 4.78 is 0.